The normalized spacial score (nSPS) is 10.4. The summed E-state index contributed by atoms with van der Waals surface area (Å²) in [6.07, 6.45) is 0. The van der Waals surface area contributed by atoms with Crippen molar-refractivity contribution in [2.24, 2.45) is 0 Å². The highest BCUT2D eigenvalue weighted by Gasteiger charge is 2.13. The van der Waals surface area contributed by atoms with Gasteiger partial charge < -0.3 is 14.8 Å². The molecule has 0 fully saturated rings. The number of rotatable bonds is 6. The van der Waals surface area contributed by atoms with E-state index in [4.69, 9.17) is 21.1 Å². The number of hydrogen-bond donors (Lipinski definition) is 1. The number of methoxy groups -OCH3 is 2. The van der Waals surface area contributed by atoms with Crippen LogP contribution in [0, 0.1) is 6.92 Å². The van der Waals surface area contributed by atoms with E-state index >= 15 is 0 Å². The Morgan fingerprint density at radius 2 is 1.92 bits per heavy atom. The largest absolute Gasteiger partial charge is 0.495 e. The molecule has 24 heavy (non-hydrogen) atoms. The van der Waals surface area contributed by atoms with Crippen LogP contribution in [0.4, 0.5) is 5.69 Å². The Balaban J connectivity index is 2.05. The first-order valence-electron chi connectivity index (χ1n) is 7.05. The van der Waals surface area contributed by atoms with Crippen LogP contribution in [0.3, 0.4) is 0 Å². The highest BCUT2D eigenvalue weighted by atomic mass is 79.9. The molecule has 0 radical (unpaired) electrons. The quantitative estimate of drug-likeness (QED) is 0.643. The highest BCUT2D eigenvalue weighted by Crippen LogP contribution is 2.36. The number of halogens is 2. The topological polar surface area (TPSA) is 47.6 Å². The molecule has 0 heterocycles. The molecule has 0 bridgehead atoms. The summed E-state index contributed by atoms with van der Waals surface area (Å²) in [7, 11) is 3.05. The van der Waals surface area contributed by atoms with Gasteiger partial charge in [-0.25, -0.2) is 0 Å². The summed E-state index contributed by atoms with van der Waals surface area (Å²) >= 11 is 11.0. The van der Waals surface area contributed by atoms with Gasteiger partial charge in [-0.3, -0.25) is 4.79 Å². The van der Waals surface area contributed by atoms with Crippen molar-refractivity contribution >= 4 is 50.9 Å². The average molecular weight is 431 g/mol. The standard InChI is InChI=1S/C17H17BrClNO3S/c1-10-6-11(18)4-5-16(10)24-9-17(21)20-13-7-12(19)14(22-2)8-15(13)23-3/h4-8H,9H2,1-3H3,(H,20,21). The number of carbonyl (C=O) groups is 1. The molecular weight excluding hydrogens is 414 g/mol. The fourth-order valence-corrected chi connectivity index (χ4v) is 3.59. The second-order valence-electron chi connectivity index (χ2n) is 4.93. The van der Waals surface area contributed by atoms with E-state index in [1.54, 1.807) is 12.1 Å². The van der Waals surface area contributed by atoms with Gasteiger partial charge in [0.05, 0.1) is 30.7 Å². The Morgan fingerprint density at radius 1 is 1.21 bits per heavy atom. The van der Waals surface area contributed by atoms with Gasteiger partial charge in [0, 0.05) is 15.4 Å². The third-order valence-electron chi connectivity index (χ3n) is 3.24. The van der Waals surface area contributed by atoms with Gasteiger partial charge in [0.25, 0.3) is 0 Å². The predicted octanol–water partition coefficient (Wildman–Crippen LogP) is 5.16. The van der Waals surface area contributed by atoms with Gasteiger partial charge in [0.2, 0.25) is 5.91 Å². The van der Waals surface area contributed by atoms with Crippen LogP contribution >= 0.6 is 39.3 Å². The molecule has 4 nitrogen and oxygen atoms in total. The Bertz CT molecular complexity index is 755. The number of carbonyl (C=O) groups excluding carboxylic acids is 1. The number of anilines is 1. The van der Waals surface area contributed by atoms with Gasteiger partial charge in [-0.15, -0.1) is 11.8 Å². The smallest absolute Gasteiger partial charge is 0.234 e. The minimum absolute atomic E-state index is 0.137. The summed E-state index contributed by atoms with van der Waals surface area (Å²) in [5, 5.41) is 3.23. The van der Waals surface area contributed by atoms with Crippen LogP contribution in [0.2, 0.25) is 5.02 Å². The van der Waals surface area contributed by atoms with Crippen molar-refractivity contribution in [3.8, 4) is 11.5 Å². The number of nitrogens with one attached hydrogen (secondary N) is 1. The number of aryl methyl sites for hydroxylation is 1. The average Bonchev–Trinajstić information content (AvgIpc) is 2.54. The molecule has 1 amide bonds. The first-order valence-corrected chi connectivity index (χ1v) is 9.20. The maximum Gasteiger partial charge on any atom is 0.234 e. The molecule has 0 saturated carbocycles. The van der Waals surface area contributed by atoms with E-state index in [1.807, 2.05) is 25.1 Å². The predicted molar refractivity (Wildman–Crippen MR) is 103 cm³/mol. The maximum absolute atomic E-state index is 12.2. The molecule has 0 saturated heterocycles. The van der Waals surface area contributed by atoms with Crippen molar-refractivity contribution in [2.75, 3.05) is 25.3 Å². The fraction of sp³-hybridized carbons (Fsp3) is 0.235. The van der Waals surface area contributed by atoms with Gasteiger partial charge in [0.15, 0.2) is 0 Å². The monoisotopic (exact) mass is 429 g/mol. The minimum Gasteiger partial charge on any atom is -0.495 e. The zero-order valence-electron chi connectivity index (χ0n) is 13.5. The molecule has 0 unspecified atom stereocenters. The Morgan fingerprint density at radius 3 is 2.54 bits per heavy atom. The van der Waals surface area contributed by atoms with E-state index in [2.05, 4.69) is 21.2 Å². The summed E-state index contributed by atoms with van der Waals surface area (Å²) in [6.45, 7) is 2.01. The summed E-state index contributed by atoms with van der Waals surface area (Å²) < 4.78 is 11.4. The van der Waals surface area contributed by atoms with Gasteiger partial charge in [-0.1, -0.05) is 27.5 Å². The van der Waals surface area contributed by atoms with Crippen molar-refractivity contribution < 1.29 is 14.3 Å². The van der Waals surface area contributed by atoms with Gasteiger partial charge in [0.1, 0.15) is 11.5 Å². The van der Waals surface area contributed by atoms with Crippen LogP contribution in [-0.2, 0) is 4.79 Å². The van der Waals surface area contributed by atoms with Crippen molar-refractivity contribution in [3.05, 3.63) is 45.4 Å². The van der Waals surface area contributed by atoms with Crippen molar-refractivity contribution in [1.82, 2.24) is 0 Å². The van der Waals surface area contributed by atoms with E-state index in [9.17, 15) is 4.79 Å². The third-order valence-corrected chi connectivity index (χ3v) is 5.21. The third kappa shape index (κ3) is 4.82. The SMILES string of the molecule is COc1cc(OC)c(NC(=O)CSc2ccc(Br)cc2C)cc1Cl. The number of hydrogen-bond acceptors (Lipinski definition) is 4. The lowest BCUT2D eigenvalue weighted by Gasteiger charge is -2.13. The van der Waals surface area contributed by atoms with Gasteiger partial charge in [-0.2, -0.15) is 0 Å². The van der Waals surface area contributed by atoms with E-state index in [0.717, 1.165) is 14.9 Å². The molecule has 0 aromatic heterocycles. The van der Waals surface area contributed by atoms with Gasteiger partial charge >= 0.3 is 0 Å². The first kappa shape index (κ1) is 19.0. The molecular formula is C17H17BrClNO3S. The lowest BCUT2D eigenvalue weighted by molar-refractivity contribution is -0.113. The summed E-state index contributed by atoms with van der Waals surface area (Å²) in [6, 6.07) is 9.23. The highest BCUT2D eigenvalue weighted by molar-refractivity contribution is 9.10. The molecule has 0 aliphatic carbocycles. The molecule has 0 aliphatic heterocycles. The van der Waals surface area contributed by atoms with Crippen LogP contribution in [0.1, 0.15) is 5.56 Å². The summed E-state index contributed by atoms with van der Waals surface area (Å²) in [5.74, 6) is 1.14. The second-order valence-corrected chi connectivity index (χ2v) is 7.27. The van der Waals surface area contributed by atoms with E-state index in [1.165, 1.54) is 26.0 Å². The van der Waals surface area contributed by atoms with Crippen LogP contribution in [0.25, 0.3) is 0 Å². The summed E-state index contributed by atoms with van der Waals surface area (Å²) in [4.78, 5) is 13.3. The lowest BCUT2D eigenvalue weighted by atomic mass is 10.2. The zero-order valence-corrected chi connectivity index (χ0v) is 16.6. The van der Waals surface area contributed by atoms with E-state index < -0.39 is 0 Å². The van der Waals surface area contributed by atoms with Gasteiger partial charge in [-0.05, 0) is 36.8 Å². The molecule has 2 rings (SSSR count). The number of benzene rings is 2. The van der Waals surface area contributed by atoms with Crippen LogP contribution < -0.4 is 14.8 Å². The lowest BCUT2D eigenvalue weighted by Crippen LogP contribution is -2.15. The van der Waals surface area contributed by atoms with Crippen molar-refractivity contribution in [3.63, 3.8) is 0 Å². The minimum atomic E-state index is -0.137. The molecule has 0 spiro atoms. The number of ether oxygens (including phenoxy) is 2. The van der Waals surface area contributed by atoms with Crippen LogP contribution in [0.15, 0.2) is 39.7 Å². The number of thioether (sulfide) groups is 1. The van der Waals surface area contributed by atoms with Crippen LogP contribution in [-0.4, -0.2) is 25.9 Å². The Labute approximate surface area is 159 Å². The molecule has 7 heteroatoms. The zero-order chi connectivity index (χ0) is 17.7. The molecule has 128 valence electrons. The van der Waals surface area contributed by atoms with E-state index in [-0.39, 0.29) is 11.7 Å². The van der Waals surface area contributed by atoms with Crippen molar-refractivity contribution in [1.29, 1.82) is 0 Å². The second kappa shape index (κ2) is 8.65. The molecule has 2 aromatic carbocycles. The molecule has 0 aliphatic rings. The molecule has 1 N–H and O–H groups in total. The number of amides is 1. The summed E-state index contributed by atoms with van der Waals surface area (Å²) in [5.41, 5.74) is 1.63. The fourth-order valence-electron chi connectivity index (χ4n) is 2.06. The Kier molecular flexibility index (Phi) is 6.83. The van der Waals surface area contributed by atoms with E-state index in [0.29, 0.717) is 22.2 Å². The maximum atomic E-state index is 12.2. The van der Waals surface area contributed by atoms with Crippen LogP contribution in [0.5, 0.6) is 11.5 Å². The van der Waals surface area contributed by atoms with Crippen molar-refractivity contribution in [2.45, 2.75) is 11.8 Å². The first-order chi connectivity index (χ1) is 11.4. The molecule has 2 aromatic rings. The molecule has 0 atom stereocenters. The Hall–Kier alpha value is -1.37.